The third-order valence-electron chi connectivity index (χ3n) is 2.70. The molecule has 3 rings (SSSR count). The van der Waals surface area contributed by atoms with Crippen LogP contribution in [-0.4, -0.2) is 15.9 Å². The first-order chi connectivity index (χ1) is 10.2. The Hall–Kier alpha value is -2.60. The Balaban J connectivity index is 1.78. The summed E-state index contributed by atoms with van der Waals surface area (Å²) in [5, 5.41) is 4.93. The summed E-state index contributed by atoms with van der Waals surface area (Å²) in [5.74, 6) is -0.778. The van der Waals surface area contributed by atoms with E-state index in [9.17, 15) is 9.18 Å². The number of carbonyl (C=O) groups excluding carboxylic acids is 1. The molecule has 1 aromatic carbocycles. The van der Waals surface area contributed by atoms with E-state index in [0.29, 0.717) is 16.4 Å². The van der Waals surface area contributed by atoms with Gasteiger partial charge in [0.15, 0.2) is 0 Å². The number of pyridine rings is 1. The lowest BCUT2D eigenvalue weighted by Crippen LogP contribution is -2.12. The number of halogens is 1. The number of thiazole rings is 1. The highest BCUT2D eigenvalue weighted by atomic mass is 32.1. The second-order valence-corrected chi connectivity index (χ2v) is 5.08. The molecule has 1 amide bonds. The minimum atomic E-state index is -0.403. The number of carbonyl (C=O) groups is 1. The van der Waals surface area contributed by atoms with Gasteiger partial charge in [0.05, 0.1) is 5.69 Å². The van der Waals surface area contributed by atoms with Crippen LogP contribution in [0.1, 0.15) is 10.5 Å². The summed E-state index contributed by atoms with van der Waals surface area (Å²) in [6.45, 7) is 0. The maximum atomic E-state index is 13.1. The fourth-order valence-corrected chi connectivity index (χ4v) is 2.52. The molecule has 2 aromatic heterocycles. The Kier molecular flexibility index (Phi) is 3.70. The molecule has 0 saturated carbocycles. The molecule has 0 atom stereocenters. The number of amides is 1. The van der Waals surface area contributed by atoms with Gasteiger partial charge in [-0.1, -0.05) is 12.1 Å². The molecule has 3 aromatic rings. The van der Waals surface area contributed by atoms with Crippen molar-refractivity contribution in [2.24, 2.45) is 0 Å². The van der Waals surface area contributed by atoms with Gasteiger partial charge in [0.2, 0.25) is 0 Å². The van der Waals surface area contributed by atoms with Gasteiger partial charge in [-0.05, 0) is 30.3 Å². The van der Waals surface area contributed by atoms with E-state index in [4.69, 9.17) is 0 Å². The maximum absolute atomic E-state index is 13.1. The lowest BCUT2D eigenvalue weighted by Gasteiger charge is -2.02. The van der Waals surface area contributed by atoms with E-state index < -0.39 is 5.82 Å². The van der Waals surface area contributed by atoms with Crippen LogP contribution in [0.15, 0.2) is 54.0 Å². The number of nitrogens with one attached hydrogen (secondary N) is 1. The minimum absolute atomic E-state index is 0.282. The van der Waals surface area contributed by atoms with Gasteiger partial charge in [-0.15, -0.1) is 11.3 Å². The quantitative estimate of drug-likeness (QED) is 0.804. The first-order valence-electron chi connectivity index (χ1n) is 6.16. The zero-order valence-electron chi connectivity index (χ0n) is 10.8. The van der Waals surface area contributed by atoms with Crippen LogP contribution in [0, 0.1) is 5.82 Å². The number of anilines is 1. The van der Waals surface area contributed by atoms with Crippen LogP contribution in [-0.2, 0) is 0 Å². The smallest absolute Gasteiger partial charge is 0.275 e. The molecule has 0 spiro atoms. The van der Waals surface area contributed by atoms with E-state index in [0.717, 1.165) is 0 Å². The average molecular weight is 299 g/mol. The Morgan fingerprint density at radius 2 is 2.10 bits per heavy atom. The standard InChI is InChI=1S/C15H10FN3OS/c16-10-4-3-5-11(8-10)18-14(20)13-9-21-15(19-13)12-6-1-2-7-17-12/h1-9H,(H,18,20). The van der Waals surface area contributed by atoms with Crippen LogP contribution in [0.4, 0.5) is 10.1 Å². The maximum Gasteiger partial charge on any atom is 0.275 e. The van der Waals surface area contributed by atoms with Crippen molar-refractivity contribution >= 4 is 22.9 Å². The lowest BCUT2D eigenvalue weighted by atomic mass is 10.3. The highest BCUT2D eigenvalue weighted by Crippen LogP contribution is 2.22. The van der Waals surface area contributed by atoms with Crippen molar-refractivity contribution in [2.75, 3.05) is 5.32 Å². The summed E-state index contributed by atoms with van der Waals surface area (Å²) in [4.78, 5) is 20.5. The topological polar surface area (TPSA) is 54.9 Å². The number of rotatable bonds is 3. The first-order valence-corrected chi connectivity index (χ1v) is 7.04. The van der Waals surface area contributed by atoms with Crippen LogP contribution in [0.25, 0.3) is 10.7 Å². The monoisotopic (exact) mass is 299 g/mol. The van der Waals surface area contributed by atoms with E-state index in [1.165, 1.54) is 29.5 Å². The third-order valence-corrected chi connectivity index (χ3v) is 3.57. The number of nitrogens with zero attached hydrogens (tertiary/aromatic N) is 2. The number of aromatic nitrogens is 2. The molecule has 0 radical (unpaired) electrons. The first kappa shape index (κ1) is 13.4. The molecule has 0 aliphatic rings. The van der Waals surface area contributed by atoms with Gasteiger partial charge in [-0.2, -0.15) is 0 Å². The average Bonchev–Trinajstić information content (AvgIpc) is 2.98. The van der Waals surface area contributed by atoms with Crippen molar-refractivity contribution in [3.05, 3.63) is 65.6 Å². The molecular formula is C15H10FN3OS. The van der Waals surface area contributed by atoms with Crippen molar-refractivity contribution in [2.45, 2.75) is 0 Å². The summed E-state index contributed by atoms with van der Waals surface area (Å²) < 4.78 is 13.1. The van der Waals surface area contributed by atoms with Crippen LogP contribution in [0.3, 0.4) is 0 Å². The highest BCUT2D eigenvalue weighted by Gasteiger charge is 2.12. The van der Waals surface area contributed by atoms with Gasteiger partial charge < -0.3 is 5.32 Å². The third kappa shape index (κ3) is 3.11. The number of hydrogen-bond acceptors (Lipinski definition) is 4. The zero-order valence-corrected chi connectivity index (χ0v) is 11.6. The second-order valence-electron chi connectivity index (χ2n) is 4.22. The van der Waals surface area contributed by atoms with Crippen LogP contribution in [0.2, 0.25) is 0 Å². The van der Waals surface area contributed by atoms with Crippen molar-refractivity contribution in [3.8, 4) is 10.7 Å². The normalized spacial score (nSPS) is 10.3. The predicted molar refractivity (Wildman–Crippen MR) is 79.7 cm³/mol. The van der Waals surface area contributed by atoms with Crippen molar-refractivity contribution in [1.29, 1.82) is 0 Å². The Labute approximate surface area is 124 Å². The van der Waals surface area contributed by atoms with Gasteiger partial charge in [-0.25, -0.2) is 9.37 Å². The molecular weight excluding hydrogens is 289 g/mol. The van der Waals surface area contributed by atoms with Crippen LogP contribution in [0.5, 0.6) is 0 Å². The molecule has 104 valence electrons. The van der Waals surface area contributed by atoms with Gasteiger partial charge >= 0.3 is 0 Å². The summed E-state index contributed by atoms with van der Waals surface area (Å²) in [6.07, 6.45) is 1.67. The molecule has 0 fully saturated rings. The van der Waals surface area contributed by atoms with Crippen molar-refractivity contribution in [1.82, 2.24) is 9.97 Å². The summed E-state index contributed by atoms with van der Waals surface area (Å²) in [7, 11) is 0. The van der Waals surface area contributed by atoms with Crippen molar-refractivity contribution < 1.29 is 9.18 Å². The van der Waals surface area contributed by atoms with Gasteiger partial charge in [0, 0.05) is 17.3 Å². The van der Waals surface area contributed by atoms with Gasteiger partial charge in [-0.3, -0.25) is 9.78 Å². The number of benzene rings is 1. The second kappa shape index (κ2) is 5.80. The minimum Gasteiger partial charge on any atom is -0.321 e. The fraction of sp³-hybridized carbons (Fsp3) is 0. The van der Waals surface area contributed by atoms with Crippen LogP contribution < -0.4 is 5.32 Å². The lowest BCUT2D eigenvalue weighted by molar-refractivity contribution is 0.102. The Morgan fingerprint density at radius 3 is 2.86 bits per heavy atom. The van der Waals surface area contributed by atoms with E-state index in [1.54, 1.807) is 17.6 Å². The predicted octanol–water partition coefficient (Wildman–Crippen LogP) is 3.60. The largest absolute Gasteiger partial charge is 0.321 e. The molecule has 0 aliphatic carbocycles. The summed E-state index contributed by atoms with van der Waals surface area (Å²) >= 11 is 1.34. The molecule has 21 heavy (non-hydrogen) atoms. The van der Waals surface area contributed by atoms with Gasteiger partial charge in [0.25, 0.3) is 5.91 Å². The summed E-state index contributed by atoms with van der Waals surface area (Å²) in [5.41, 5.74) is 1.39. The van der Waals surface area contributed by atoms with Crippen molar-refractivity contribution in [3.63, 3.8) is 0 Å². The van der Waals surface area contributed by atoms with Crippen LogP contribution >= 0.6 is 11.3 Å². The van der Waals surface area contributed by atoms with E-state index in [-0.39, 0.29) is 11.6 Å². The molecule has 0 aliphatic heterocycles. The fourth-order valence-electron chi connectivity index (χ4n) is 1.75. The van der Waals surface area contributed by atoms with E-state index in [1.807, 2.05) is 18.2 Å². The molecule has 0 unspecified atom stereocenters. The molecule has 0 bridgehead atoms. The molecule has 6 heteroatoms. The molecule has 1 N–H and O–H groups in total. The SMILES string of the molecule is O=C(Nc1cccc(F)c1)c1csc(-c2ccccn2)n1. The molecule has 0 saturated heterocycles. The van der Waals surface area contributed by atoms with E-state index in [2.05, 4.69) is 15.3 Å². The number of hydrogen-bond donors (Lipinski definition) is 1. The van der Waals surface area contributed by atoms with E-state index >= 15 is 0 Å². The Morgan fingerprint density at radius 1 is 1.19 bits per heavy atom. The summed E-state index contributed by atoms with van der Waals surface area (Å²) in [6, 6.07) is 11.2. The zero-order chi connectivity index (χ0) is 14.7. The molecule has 4 nitrogen and oxygen atoms in total. The van der Waals surface area contributed by atoms with Gasteiger partial charge in [0.1, 0.15) is 16.5 Å². The Bertz CT molecular complexity index is 773. The molecule has 2 heterocycles. The highest BCUT2D eigenvalue weighted by molar-refractivity contribution is 7.13.